The molecule has 1 saturated heterocycles. The van der Waals surface area contributed by atoms with Crippen LogP contribution in [-0.2, 0) is 14.3 Å². The second-order valence-corrected chi connectivity index (χ2v) is 5.11. The first-order valence-corrected chi connectivity index (χ1v) is 6.21. The van der Waals surface area contributed by atoms with E-state index in [-0.39, 0.29) is 24.3 Å². The van der Waals surface area contributed by atoms with Gasteiger partial charge in [0.1, 0.15) is 6.10 Å². The van der Waals surface area contributed by atoms with Gasteiger partial charge in [0.05, 0.1) is 6.42 Å². The SMILES string of the molecule is CC1CCOC1C(=O)NC(CC(=O)O)C1CC1. The van der Waals surface area contributed by atoms with Crippen LogP contribution in [0.1, 0.15) is 32.6 Å². The van der Waals surface area contributed by atoms with E-state index >= 15 is 0 Å². The van der Waals surface area contributed by atoms with Gasteiger partial charge in [-0.25, -0.2) is 0 Å². The van der Waals surface area contributed by atoms with E-state index in [0.717, 1.165) is 19.3 Å². The van der Waals surface area contributed by atoms with Gasteiger partial charge in [-0.2, -0.15) is 0 Å². The molecule has 96 valence electrons. The minimum atomic E-state index is -0.859. The zero-order chi connectivity index (χ0) is 12.4. The van der Waals surface area contributed by atoms with Gasteiger partial charge in [0.25, 0.3) is 0 Å². The largest absolute Gasteiger partial charge is 0.481 e. The predicted octanol–water partition coefficient (Wildman–Crippen LogP) is 0.781. The average molecular weight is 241 g/mol. The predicted molar refractivity (Wildman–Crippen MR) is 60.4 cm³/mol. The lowest BCUT2D eigenvalue weighted by molar-refractivity contribution is -0.138. The number of hydrogen-bond donors (Lipinski definition) is 2. The first-order valence-electron chi connectivity index (χ1n) is 6.21. The third-order valence-electron chi connectivity index (χ3n) is 3.56. The Morgan fingerprint density at radius 3 is 2.59 bits per heavy atom. The van der Waals surface area contributed by atoms with Gasteiger partial charge in [0.2, 0.25) is 5.91 Å². The van der Waals surface area contributed by atoms with Gasteiger partial charge in [0, 0.05) is 12.6 Å². The van der Waals surface area contributed by atoms with Crippen molar-refractivity contribution >= 4 is 11.9 Å². The number of rotatable bonds is 5. The Hall–Kier alpha value is -1.10. The topological polar surface area (TPSA) is 75.6 Å². The lowest BCUT2D eigenvalue weighted by Gasteiger charge is -2.20. The van der Waals surface area contributed by atoms with Crippen LogP contribution in [0.3, 0.4) is 0 Å². The van der Waals surface area contributed by atoms with Crippen molar-refractivity contribution in [3.63, 3.8) is 0 Å². The molecule has 0 radical (unpaired) electrons. The van der Waals surface area contributed by atoms with Crippen LogP contribution < -0.4 is 5.32 Å². The molecule has 2 rings (SSSR count). The van der Waals surface area contributed by atoms with Gasteiger partial charge in [-0.05, 0) is 31.1 Å². The summed E-state index contributed by atoms with van der Waals surface area (Å²) < 4.78 is 5.37. The normalized spacial score (nSPS) is 29.9. The number of carbonyl (C=O) groups excluding carboxylic acids is 1. The van der Waals surface area contributed by atoms with Gasteiger partial charge < -0.3 is 15.2 Å². The molecule has 2 N–H and O–H groups in total. The number of nitrogens with one attached hydrogen (secondary N) is 1. The van der Waals surface area contributed by atoms with Gasteiger partial charge in [-0.15, -0.1) is 0 Å². The summed E-state index contributed by atoms with van der Waals surface area (Å²) in [6.07, 6.45) is 2.53. The number of hydrogen-bond acceptors (Lipinski definition) is 3. The van der Waals surface area contributed by atoms with Crippen LogP contribution >= 0.6 is 0 Å². The third-order valence-corrected chi connectivity index (χ3v) is 3.56. The van der Waals surface area contributed by atoms with Crippen molar-refractivity contribution in [2.75, 3.05) is 6.61 Å². The molecule has 1 amide bonds. The van der Waals surface area contributed by atoms with E-state index in [1.54, 1.807) is 0 Å². The smallest absolute Gasteiger partial charge is 0.305 e. The van der Waals surface area contributed by atoms with Crippen LogP contribution in [0.15, 0.2) is 0 Å². The fourth-order valence-electron chi connectivity index (χ4n) is 2.32. The number of ether oxygens (including phenoxy) is 1. The second kappa shape index (κ2) is 5.04. The minimum Gasteiger partial charge on any atom is -0.481 e. The molecular formula is C12H19NO4. The molecule has 3 unspecified atom stereocenters. The standard InChI is InChI=1S/C12H19NO4/c1-7-4-5-17-11(7)12(16)13-9(6-10(14)15)8-2-3-8/h7-9,11H,2-6H2,1H3,(H,13,16)(H,14,15). The zero-order valence-corrected chi connectivity index (χ0v) is 10.0. The Morgan fingerprint density at radius 2 is 2.12 bits per heavy atom. The van der Waals surface area contributed by atoms with Crippen LogP contribution in [0.2, 0.25) is 0 Å². The lowest BCUT2D eigenvalue weighted by atomic mass is 10.0. The highest BCUT2D eigenvalue weighted by atomic mass is 16.5. The summed E-state index contributed by atoms with van der Waals surface area (Å²) in [4.78, 5) is 22.7. The number of amides is 1. The Balaban J connectivity index is 1.88. The Bertz CT molecular complexity index is 314. The maximum atomic E-state index is 12.0. The van der Waals surface area contributed by atoms with Crippen molar-refractivity contribution in [3.8, 4) is 0 Å². The summed E-state index contributed by atoms with van der Waals surface area (Å²) >= 11 is 0. The van der Waals surface area contributed by atoms with Crippen molar-refractivity contribution in [1.29, 1.82) is 0 Å². The minimum absolute atomic E-state index is 0.0114. The summed E-state index contributed by atoms with van der Waals surface area (Å²) in [6, 6.07) is -0.226. The van der Waals surface area contributed by atoms with E-state index in [2.05, 4.69) is 5.32 Å². The first-order chi connectivity index (χ1) is 8.08. The zero-order valence-electron chi connectivity index (χ0n) is 10.0. The first kappa shape index (κ1) is 12.4. The molecular weight excluding hydrogens is 222 g/mol. The van der Waals surface area contributed by atoms with Gasteiger partial charge >= 0.3 is 5.97 Å². The molecule has 1 aliphatic heterocycles. The number of carbonyl (C=O) groups is 2. The fourth-order valence-corrected chi connectivity index (χ4v) is 2.32. The van der Waals surface area contributed by atoms with Crippen LogP contribution in [0, 0.1) is 11.8 Å². The highest BCUT2D eigenvalue weighted by Gasteiger charge is 2.37. The van der Waals surface area contributed by atoms with Crippen molar-refractivity contribution in [1.82, 2.24) is 5.32 Å². The van der Waals surface area contributed by atoms with E-state index < -0.39 is 12.1 Å². The maximum Gasteiger partial charge on any atom is 0.305 e. The van der Waals surface area contributed by atoms with Crippen LogP contribution in [-0.4, -0.2) is 35.7 Å². The van der Waals surface area contributed by atoms with E-state index in [0.29, 0.717) is 12.5 Å². The van der Waals surface area contributed by atoms with Crippen molar-refractivity contribution in [2.24, 2.45) is 11.8 Å². The number of carboxylic acids is 1. The Kier molecular flexibility index (Phi) is 3.66. The van der Waals surface area contributed by atoms with Gasteiger partial charge in [-0.3, -0.25) is 9.59 Å². The molecule has 2 aliphatic rings. The molecule has 1 saturated carbocycles. The monoisotopic (exact) mass is 241 g/mol. The van der Waals surface area contributed by atoms with E-state index in [1.165, 1.54) is 0 Å². The molecule has 0 aromatic heterocycles. The lowest BCUT2D eigenvalue weighted by Crippen LogP contribution is -2.45. The van der Waals surface area contributed by atoms with Gasteiger partial charge in [-0.1, -0.05) is 6.92 Å². The molecule has 1 aliphatic carbocycles. The highest BCUT2D eigenvalue weighted by molar-refractivity contribution is 5.82. The average Bonchev–Trinajstić information content (AvgIpc) is 3.00. The van der Waals surface area contributed by atoms with Crippen molar-refractivity contribution in [3.05, 3.63) is 0 Å². The van der Waals surface area contributed by atoms with E-state index in [9.17, 15) is 9.59 Å². The molecule has 0 spiro atoms. The molecule has 3 atom stereocenters. The quantitative estimate of drug-likeness (QED) is 0.746. The second-order valence-electron chi connectivity index (χ2n) is 5.11. The molecule has 0 aromatic carbocycles. The van der Waals surface area contributed by atoms with Crippen LogP contribution in [0.25, 0.3) is 0 Å². The number of carboxylic acid groups (broad SMARTS) is 1. The Labute approximate surface area is 101 Å². The molecule has 1 heterocycles. The fraction of sp³-hybridized carbons (Fsp3) is 0.833. The summed E-state index contributed by atoms with van der Waals surface area (Å²) in [7, 11) is 0. The van der Waals surface area contributed by atoms with Gasteiger partial charge in [0.15, 0.2) is 0 Å². The van der Waals surface area contributed by atoms with E-state index in [4.69, 9.17) is 9.84 Å². The molecule has 0 aromatic rings. The number of aliphatic carboxylic acids is 1. The van der Waals surface area contributed by atoms with Crippen molar-refractivity contribution in [2.45, 2.75) is 44.8 Å². The van der Waals surface area contributed by atoms with E-state index in [1.807, 2.05) is 6.92 Å². The van der Waals surface area contributed by atoms with Crippen LogP contribution in [0.5, 0.6) is 0 Å². The molecule has 2 fully saturated rings. The highest BCUT2D eigenvalue weighted by Crippen LogP contribution is 2.34. The third kappa shape index (κ3) is 3.19. The summed E-state index contributed by atoms with van der Waals surface area (Å²) in [5.74, 6) is -0.442. The Morgan fingerprint density at radius 1 is 1.41 bits per heavy atom. The molecule has 5 nitrogen and oxygen atoms in total. The summed E-state index contributed by atoms with van der Waals surface area (Å²) in [5, 5.41) is 11.6. The summed E-state index contributed by atoms with van der Waals surface area (Å²) in [6.45, 7) is 2.60. The van der Waals surface area contributed by atoms with Crippen LogP contribution in [0.4, 0.5) is 0 Å². The molecule has 17 heavy (non-hydrogen) atoms. The van der Waals surface area contributed by atoms with Crippen molar-refractivity contribution < 1.29 is 19.4 Å². The summed E-state index contributed by atoms with van der Waals surface area (Å²) in [5.41, 5.74) is 0. The molecule has 5 heteroatoms. The molecule has 0 bridgehead atoms. The maximum absolute atomic E-state index is 12.0.